The first-order chi connectivity index (χ1) is 11.7. The van der Waals surface area contributed by atoms with Gasteiger partial charge in [0, 0.05) is 37.4 Å². The zero-order valence-electron chi connectivity index (χ0n) is 15.5. The Kier molecular flexibility index (Phi) is 9.34. The van der Waals surface area contributed by atoms with Crippen LogP contribution in [0, 0.1) is 12.3 Å². The van der Waals surface area contributed by atoms with E-state index in [9.17, 15) is 0 Å². The predicted molar refractivity (Wildman–Crippen MR) is 105 cm³/mol. The number of terminal acetylenes is 1. The van der Waals surface area contributed by atoms with Crippen molar-refractivity contribution in [3.8, 4) is 12.3 Å². The van der Waals surface area contributed by atoms with Crippen LogP contribution in [0.25, 0.3) is 0 Å². The summed E-state index contributed by atoms with van der Waals surface area (Å²) in [4.78, 5) is 2.46. The van der Waals surface area contributed by atoms with E-state index in [1.54, 1.807) is 6.92 Å². The van der Waals surface area contributed by atoms with Gasteiger partial charge in [-0.3, -0.25) is 0 Å². The van der Waals surface area contributed by atoms with E-state index in [1.165, 1.54) is 22.5 Å². The van der Waals surface area contributed by atoms with Gasteiger partial charge < -0.3 is 10.2 Å². The van der Waals surface area contributed by atoms with Gasteiger partial charge in [-0.15, -0.1) is 12.3 Å². The minimum Gasteiger partial charge on any atom is -0.344 e. The highest BCUT2D eigenvalue weighted by Gasteiger charge is 2.18. The van der Waals surface area contributed by atoms with E-state index in [2.05, 4.69) is 91.9 Å². The lowest BCUT2D eigenvalue weighted by atomic mass is 10.0. The van der Waals surface area contributed by atoms with Crippen LogP contribution < -0.4 is 5.32 Å². The van der Waals surface area contributed by atoms with Crippen molar-refractivity contribution in [1.82, 2.24) is 10.2 Å². The van der Waals surface area contributed by atoms with Gasteiger partial charge in [0.2, 0.25) is 0 Å². The Labute approximate surface area is 148 Å². The van der Waals surface area contributed by atoms with Gasteiger partial charge in [-0.05, 0) is 38.8 Å². The topological polar surface area (TPSA) is 15.3 Å². The molecule has 1 aromatic carbocycles. The first-order valence-electron chi connectivity index (χ1n) is 8.55. The standard InChI is InChI=1S/C19H26N2.C3H4/c1-4-9-18-14-20-13-12-19(18)21(16(3)5-2)15-17-10-7-6-8-11-17;1-3-2/h4-11,20H,12-15H2,1-3H3;1H,2H3/b9-4+,16-5+;. The van der Waals surface area contributed by atoms with Crippen molar-refractivity contribution >= 4 is 0 Å². The molecule has 0 unspecified atom stereocenters. The maximum absolute atomic E-state index is 4.60. The van der Waals surface area contributed by atoms with E-state index >= 15 is 0 Å². The molecule has 0 aromatic heterocycles. The molecule has 1 aliphatic heterocycles. The lowest BCUT2D eigenvalue weighted by molar-refractivity contribution is 0.387. The molecule has 2 nitrogen and oxygen atoms in total. The minimum atomic E-state index is 0.938. The molecule has 24 heavy (non-hydrogen) atoms. The maximum Gasteiger partial charge on any atom is 0.0475 e. The number of hydrogen-bond donors (Lipinski definition) is 1. The fourth-order valence-electron chi connectivity index (χ4n) is 2.71. The first kappa shape index (κ1) is 19.8. The van der Waals surface area contributed by atoms with E-state index < -0.39 is 0 Å². The fraction of sp³-hybridized carbons (Fsp3) is 0.364. The van der Waals surface area contributed by atoms with E-state index in [0.717, 1.165) is 26.1 Å². The summed E-state index contributed by atoms with van der Waals surface area (Å²) >= 11 is 0. The quantitative estimate of drug-likeness (QED) is 0.778. The molecular formula is C22H30N2. The van der Waals surface area contributed by atoms with Crippen molar-refractivity contribution in [1.29, 1.82) is 0 Å². The van der Waals surface area contributed by atoms with Gasteiger partial charge in [0.25, 0.3) is 0 Å². The van der Waals surface area contributed by atoms with Crippen LogP contribution >= 0.6 is 0 Å². The zero-order valence-corrected chi connectivity index (χ0v) is 15.5. The molecule has 1 heterocycles. The Bertz CT molecular complexity index is 615. The summed E-state index contributed by atoms with van der Waals surface area (Å²) in [5.74, 6) is 2.25. The lowest BCUT2D eigenvalue weighted by Crippen LogP contribution is -2.32. The van der Waals surface area contributed by atoms with Gasteiger partial charge in [0.1, 0.15) is 0 Å². The largest absolute Gasteiger partial charge is 0.344 e. The number of benzene rings is 1. The van der Waals surface area contributed by atoms with Gasteiger partial charge in [-0.1, -0.05) is 48.6 Å². The molecule has 0 atom stereocenters. The van der Waals surface area contributed by atoms with Gasteiger partial charge >= 0.3 is 0 Å². The average molecular weight is 322 g/mol. The first-order valence-corrected chi connectivity index (χ1v) is 8.55. The van der Waals surface area contributed by atoms with Crippen LogP contribution in [-0.2, 0) is 6.54 Å². The van der Waals surface area contributed by atoms with Gasteiger partial charge in [-0.2, -0.15) is 0 Å². The zero-order chi connectivity index (χ0) is 17.8. The van der Waals surface area contributed by atoms with Crippen LogP contribution in [0.4, 0.5) is 0 Å². The summed E-state index contributed by atoms with van der Waals surface area (Å²) in [5.41, 5.74) is 5.52. The van der Waals surface area contributed by atoms with Gasteiger partial charge in [-0.25, -0.2) is 0 Å². The Morgan fingerprint density at radius 2 is 1.96 bits per heavy atom. The van der Waals surface area contributed by atoms with Gasteiger partial charge in [0.15, 0.2) is 0 Å². The van der Waals surface area contributed by atoms with Crippen molar-refractivity contribution in [2.75, 3.05) is 13.1 Å². The number of nitrogens with one attached hydrogen (secondary N) is 1. The molecule has 2 rings (SSSR count). The molecular weight excluding hydrogens is 292 g/mol. The summed E-state index contributed by atoms with van der Waals surface area (Å²) < 4.78 is 0. The van der Waals surface area contributed by atoms with E-state index in [1.807, 2.05) is 0 Å². The molecule has 2 heteroatoms. The summed E-state index contributed by atoms with van der Waals surface area (Å²) in [5, 5.41) is 3.47. The molecule has 0 fully saturated rings. The molecule has 128 valence electrons. The van der Waals surface area contributed by atoms with Crippen LogP contribution in [0.5, 0.6) is 0 Å². The van der Waals surface area contributed by atoms with E-state index in [4.69, 9.17) is 0 Å². The van der Waals surface area contributed by atoms with E-state index in [0.29, 0.717) is 0 Å². The number of allylic oxidation sites excluding steroid dienone is 3. The Morgan fingerprint density at radius 3 is 2.54 bits per heavy atom. The van der Waals surface area contributed by atoms with Crippen LogP contribution in [0.2, 0.25) is 0 Å². The molecule has 1 aliphatic rings. The molecule has 0 saturated carbocycles. The summed E-state index contributed by atoms with van der Waals surface area (Å²) in [6.45, 7) is 11.0. The molecule has 0 spiro atoms. The van der Waals surface area contributed by atoms with Gasteiger partial charge in [0.05, 0.1) is 0 Å². The Morgan fingerprint density at radius 1 is 1.29 bits per heavy atom. The van der Waals surface area contributed by atoms with Crippen molar-refractivity contribution in [2.45, 2.75) is 40.7 Å². The van der Waals surface area contributed by atoms with Crippen molar-refractivity contribution in [3.63, 3.8) is 0 Å². The molecule has 1 aromatic rings. The second-order valence-corrected chi connectivity index (χ2v) is 5.69. The SMILES string of the molecule is C#CC.C/C=C/C1=C(N(Cc2ccccc2)/C(C)=C/C)CCNC1. The van der Waals surface area contributed by atoms with Crippen molar-refractivity contribution in [2.24, 2.45) is 0 Å². The third kappa shape index (κ3) is 6.10. The highest BCUT2D eigenvalue weighted by Crippen LogP contribution is 2.25. The third-order valence-electron chi connectivity index (χ3n) is 3.95. The number of nitrogens with zero attached hydrogens (tertiary/aromatic N) is 1. The summed E-state index contributed by atoms with van der Waals surface area (Å²) in [7, 11) is 0. The molecule has 0 radical (unpaired) electrons. The third-order valence-corrected chi connectivity index (χ3v) is 3.95. The summed E-state index contributed by atoms with van der Waals surface area (Å²) in [6.07, 6.45) is 12.2. The number of rotatable bonds is 5. The fourth-order valence-corrected chi connectivity index (χ4v) is 2.71. The average Bonchev–Trinajstić information content (AvgIpc) is 2.61. The minimum absolute atomic E-state index is 0.938. The smallest absolute Gasteiger partial charge is 0.0475 e. The molecule has 0 aliphatic carbocycles. The normalized spacial score (nSPS) is 14.9. The highest BCUT2D eigenvalue weighted by molar-refractivity contribution is 5.31. The second-order valence-electron chi connectivity index (χ2n) is 5.69. The molecule has 0 bridgehead atoms. The van der Waals surface area contributed by atoms with E-state index in [-0.39, 0.29) is 0 Å². The van der Waals surface area contributed by atoms with Crippen LogP contribution in [0.15, 0.2) is 65.5 Å². The van der Waals surface area contributed by atoms with Crippen LogP contribution in [0.3, 0.4) is 0 Å². The van der Waals surface area contributed by atoms with Crippen LogP contribution in [-0.4, -0.2) is 18.0 Å². The highest BCUT2D eigenvalue weighted by atomic mass is 15.2. The second kappa shape index (κ2) is 11.3. The maximum atomic E-state index is 4.60. The van der Waals surface area contributed by atoms with Crippen molar-refractivity contribution in [3.05, 3.63) is 71.1 Å². The lowest BCUT2D eigenvalue weighted by Gasteiger charge is -2.33. The van der Waals surface area contributed by atoms with Crippen LogP contribution in [0.1, 0.15) is 39.7 Å². The molecule has 1 N–H and O–H groups in total. The number of hydrogen-bond acceptors (Lipinski definition) is 2. The Hall–Kier alpha value is -2.24. The van der Waals surface area contributed by atoms with Crippen molar-refractivity contribution < 1.29 is 0 Å². The molecule has 0 saturated heterocycles. The monoisotopic (exact) mass is 322 g/mol. The molecule has 0 amide bonds. The predicted octanol–water partition coefficient (Wildman–Crippen LogP) is 4.88. The Balaban J connectivity index is 0.000000891. The summed E-state index contributed by atoms with van der Waals surface area (Å²) in [6, 6.07) is 10.7.